The van der Waals surface area contributed by atoms with Gasteiger partial charge in [-0.3, -0.25) is 10.1 Å². The Balaban J connectivity index is 2.44. The number of rotatable bonds is 1. The molecule has 1 aliphatic rings. The molecule has 2 rings (SSSR count). The Hall–Kier alpha value is -1.55. The number of aromatic hydroxyl groups is 1. The fourth-order valence-electron chi connectivity index (χ4n) is 1.57. The van der Waals surface area contributed by atoms with Crippen molar-refractivity contribution in [1.29, 1.82) is 0 Å². The van der Waals surface area contributed by atoms with Gasteiger partial charge in [-0.1, -0.05) is 6.07 Å². The van der Waals surface area contributed by atoms with Crippen molar-refractivity contribution in [3.63, 3.8) is 0 Å². The summed E-state index contributed by atoms with van der Waals surface area (Å²) < 4.78 is 0. The predicted molar refractivity (Wildman–Crippen MR) is 45.3 cm³/mol. The SMILES string of the molecule is O=C(O)[C@@H]1NCc2cc(O)ccc21. The zero-order valence-electron chi connectivity index (χ0n) is 6.82. The molecule has 68 valence electrons. The molecule has 0 spiro atoms. The van der Waals surface area contributed by atoms with E-state index in [9.17, 15) is 4.79 Å². The van der Waals surface area contributed by atoms with Gasteiger partial charge in [0.05, 0.1) is 0 Å². The van der Waals surface area contributed by atoms with Crippen molar-refractivity contribution < 1.29 is 15.0 Å². The minimum absolute atomic E-state index is 0.173. The van der Waals surface area contributed by atoms with E-state index in [-0.39, 0.29) is 5.75 Å². The van der Waals surface area contributed by atoms with Gasteiger partial charge in [-0.25, -0.2) is 0 Å². The van der Waals surface area contributed by atoms with E-state index >= 15 is 0 Å². The van der Waals surface area contributed by atoms with Gasteiger partial charge in [0.2, 0.25) is 0 Å². The van der Waals surface area contributed by atoms with Crippen LogP contribution < -0.4 is 5.32 Å². The normalized spacial score (nSPS) is 19.8. The molecule has 1 atom stereocenters. The number of phenolic OH excluding ortho intramolecular Hbond substituents is 1. The van der Waals surface area contributed by atoms with Gasteiger partial charge in [-0.15, -0.1) is 0 Å². The number of fused-ring (bicyclic) bond motifs is 1. The second-order valence-corrected chi connectivity index (χ2v) is 3.04. The maximum absolute atomic E-state index is 10.7. The summed E-state index contributed by atoms with van der Waals surface area (Å²) in [5.74, 6) is -0.712. The van der Waals surface area contributed by atoms with Crippen LogP contribution in [-0.4, -0.2) is 16.2 Å². The predicted octanol–water partition coefficient (Wildman–Crippen LogP) is 0.621. The van der Waals surface area contributed by atoms with Crippen LogP contribution in [0.15, 0.2) is 18.2 Å². The van der Waals surface area contributed by atoms with Crippen molar-refractivity contribution in [2.45, 2.75) is 12.6 Å². The van der Waals surface area contributed by atoms with Gasteiger partial charge in [0, 0.05) is 6.54 Å². The summed E-state index contributed by atoms with van der Waals surface area (Å²) in [6.45, 7) is 0.501. The summed E-state index contributed by atoms with van der Waals surface area (Å²) in [6, 6.07) is 4.10. The van der Waals surface area contributed by atoms with Crippen molar-refractivity contribution >= 4 is 5.97 Å². The fourth-order valence-corrected chi connectivity index (χ4v) is 1.57. The minimum Gasteiger partial charge on any atom is -0.508 e. The molecule has 0 aromatic heterocycles. The molecule has 0 radical (unpaired) electrons. The third-order valence-corrected chi connectivity index (χ3v) is 2.18. The third-order valence-electron chi connectivity index (χ3n) is 2.18. The highest BCUT2D eigenvalue weighted by atomic mass is 16.4. The van der Waals surface area contributed by atoms with Crippen LogP contribution in [0.4, 0.5) is 0 Å². The number of benzene rings is 1. The Morgan fingerprint density at radius 3 is 3.00 bits per heavy atom. The molecule has 3 N–H and O–H groups in total. The van der Waals surface area contributed by atoms with E-state index < -0.39 is 12.0 Å². The molecule has 13 heavy (non-hydrogen) atoms. The van der Waals surface area contributed by atoms with E-state index in [4.69, 9.17) is 10.2 Å². The molecular weight excluding hydrogens is 170 g/mol. The molecular formula is C9H9NO3. The van der Waals surface area contributed by atoms with Gasteiger partial charge >= 0.3 is 5.97 Å². The molecule has 0 saturated heterocycles. The quantitative estimate of drug-likeness (QED) is 0.591. The monoisotopic (exact) mass is 179 g/mol. The number of carbonyl (C=O) groups is 1. The molecule has 0 unspecified atom stereocenters. The Bertz CT molecular complexity index is 362. The number of hydrogen-bond donors (Lipinski definition) is 3. The van der Waals surface area contributed by atoms with E-state index in [1.807, 2.05) is 0 Å². The summed E-state index contributed by atoms with van der Waals surface area (Å²) in [7, 11) is 0. The summed E-state index contributed by atoms with van der Waals surface area (Å²) in [4.78, 5) is 10.7. The topological polar surface area (TPSA) is 69.6 Å². The molecule has 4 heteroatoms. The van der Waals surface area contributed by atoms with E-state index in [0.29, 0.717) is 6.54 Å². The highest BCUT2D eigenvalue weighted by Crippen LogP contribution is 2.28. The number of phenols is 1. The lowest BCUT2D eigenvalue weighted by Gasteiger charge is -2.04. The molecule has 0 saturated carbocycles. The molecule has 0 fully saturated rings. The highest BCUT2D eigenvalue weighted by Gasteiger charge is 2.27. The van der Waals surface area contributed by atoms with Crippen LogP contribution in [0.2, 0.25) is 0 Å². The number of carboxylic acids is 1. The Kier molecular flexibility index (Phi) is 1.70. The Morgan fingerprint density at radius 2 is 2.31 bits per heavy atom. The first-order chi connectivity index (χ1) is 6.18. The van der Waals surface area contributed by atoms with Crippen molar-refractivity contribution in [1.82, 2.24) is 5.32 Å². The first-order valence-electron chi connectivity index (χ1n) is 3.96. The standard InChI is InChI=1S/C9H9NO3/c11-6-1-2-7-5(3-6)4-10-8(7)9(12)13/h1-3,8,10-11H,4H2,(H,12,13)/t8-/m1/s1. The lowest BCUT2D eigenvalue weighted by Crippen LogP contribution is -2.21. The molecule has 0 aliphatic carbocycles. The number of nitrogens with one attached hydrogen (secondary N) is 1. The average Bonchev–Trinajstić information content (AvgIpc) is 2.46. The zero-order chi connectivity index (χ0) is 9.42. The maximum Gasteiger partial charge on any atom is 0.325 e. The summed E-state index contributed by atoms with van der Waals surface area (Å²) >= 11 is 0. The molecule has 1 aromatic rings. The van der Waals surface area contributed by atoms with Crippen LogP contribution in [0.3, 0.4) is 0 Å². The summed E-state index contributed by atoms with van der Waals surface area (Å²) in [5, 5.41) is 20.8. The van der Waals surface area contributed by atoms with Gasteiger partial charge in [0.15, 0.2) is 0 Å². The first-order valence-corrected chi connectivity index (χ1v) is 3.96. The van der Waals surface area contributed by atoms with Crippen molar-refractivity contribution in [3.8, 4) is 5.75 Å². The van der Waals surface area contributed by atoms with Crippen molar-refractivity contribution in [3.05, 3.63) is 29.3 Å². The van der Waals surface area contributed by atoms with E-state index in [2.05, 4.69) is 5.32 Å². The van der Waals surface area contributed by atoms with Gasteiger partial charge < -0.3 is 10.2 Å². The molecule has 0 amide bonds. The van der Waals surface area contributed by atoms with Crippen LogP contribution in [0.5, 0.6) is 5.75 Å². The number of aliphatic carboxylic acids is 1. The minimum atomic E-state index is -0.885. The van der Waals surface area contributed by atoms with Crippen molar-refractivity contribution in [2.24, 2.45) is 0 Å². The summed E-state index contributed by atoms with van der Waals surface area (Å²) in [5.41, 5.74) is 1.60. The fraction of sp³-hybridized carbons (Fsp3) is 0.222. The van der Waals surface area contributed by atoms with Gasteiger partial charge in [-0.05, 0) is 23.3 Å². The maximum atomic E-state index is 10.7. The van der Waals surface area contributed by atoms with Crippen LogP contribution in [0, 0.1) is 0 Å². The highest BCUT2D eigenvalue weighted by molar-refractivity contribution is 5.77. The van der Waals surface area contributed by atoms with Gasteiger partial charge in [0.25, 0.3) is 0 Å². The van der Waals surface area contributed by atoms with Crippen LogP contribution in [-0.2, 0) is 11.3 Å². The molecule has 1 heterocycles. The van der Waals surface area contributed by atoms with E-state index in [1.165, 1.54) is 6.07 Å². The lowest BCUT2D eigenvalue weighted by atomic mass is 10.1. The van der Waals surface area contributed by atoms with E-state index in [0.717, 1.165) is 11.1 Å². The second-order valence-electron chi connectivity index (χ2n) is 3.04. The number of hydrogen-bond acceptors (Lipinski definition) is 3. The smallest absolute Gasteiger partial charge is 0.325 e. The largest absolute Gasteiger partial charge is 0.508 e. The molecule has 1 aromatic carbocycles. The molecule has 1 aliphatic heterocycles. The first kappa shape index (κ1) is 8.07. The number of carboxylic acid groups (broad SMARTS) is 1. The molecule has 0 bridgehead atoms. The van der Waals surface area contributed by atoms with Gasteiger partial charge in [-0.2, -0.15) is 0 Å². The zero-order valence-corrected chi connectivity index (χ0v) is 6.82. The summed E-state index contributed by atoms with van der Waals surface area (Å²) in [6.07, 6.45) is 0. The van der Waals surface area contributed by atoms with Crippen LogP contribution in [0.25, 0.3) is 0 Å². The van der Waals surface area contributed by atoms with Crippen LogP contribution in [0.1, 0.15) is 17.2 Å². The average molecular weight is 179 g/mol. The lowest BCUT2D eigenvalue weighted by molar-refractivity contribution is -0.139. The third kappa shape index (κ3) is 1.25. The van der Waals surface area contributed by atoms with Gasteiger partial charge in [0.1, 0.15) is 11.8 Å². The molecule has 4 nitrogen and oxygen atoms in total. The Labute approximate surface area is 74.8 Å². The van der Waals surface area contributed by atoms with E-state index in [1.54, 1.807) is 12.1 Å². The van der Waals surface area contributed by atoms with Crippen LogP contribution >= 0.6 is 0 Å². The Morgan fingerprint density at radius 1 is 1.54 bits per heavy atom. The van der Waals surface area contributed by atoms with Crippen molar-refractivity contribution in [2.75, 3.05) is 0 Å². The second kappa shape index (κ2) is 2.74.